The highest BCUT2D eigenvalue weighted by atomic mass is 16.7. The number of ether oxygens (including phenoxy) is 4. The first-order valence-corrected chi connectivity index (χ1v) is 14.1. The van der Waals surface area contributed by atoms with Crippen LogP contribution in [0.3, 0.4) is 0 Å². The molecule has 1 aromatic heterocycles. The molecule has 0 unspecified atom stereocenters. The number of hydrogen-bond donors (Lipinski definition) is 0. The van der Waals surface area contributed by atoms with Crippen LogP contribution in [0, 0.1) is 6.92 Å². The van der Waals surface area contributed by atoms with Crippen LogP contribution in [-0.2, 0) is 33.8 Å². The summed E-state index contributed by atoms with van der Waals surface area (Å²) in [7, 11) is 0. The maximum atomic E-state index is 6.30. The standard InChI is InChI=1S/C32H42N2O4/c1-3-4-5-6-7-14-19-28-20-31(34-25(2)33-28)38-32-21-29(36-23-27-17-12-9-13-18-27)30(37-32)24-35-22-26-15-10-8-11-16-26/h8-13,15-18,20,29-30,32H,3-7,14,19,21-24H2,1-2H3/t29-,30+,32+/m0/s1. The van der Waals surface area contributed by atoms with E-state index < -0.39 is 6.29 Å². The quantitative estimate of drug-likeness (QED) is 0.191. The van der Waals surface area contributed by atoms with Crippen molar-refractivity contribution in [2.75, 3.05) is 6.61 Å². The van der Waals surface area contributed by atoms with Crippen LogP contribution < -0.4 is 4.74 Å². The second kappa shape index (κ2) is 15.6. The Balaban J connectivity index is 1.32. The number of aryl methyl sites for hydroxylation is 2. The van der Waals surface area contributed by atoms with E-state index in [1.54, 1.807) is 0 Å². The predicted molar refractivity (Wildman–Crippen MR) is 149 cm³/mol. The summed E-state index contributed by atoms with van der Waals surface area (Å²) in [4.78, 5) is 9.15. The summed E-state index contributed by atoms with van der Waals surface area (Å²) in [5.41, 5.74) is 3.29. The van der Waals surface area contributed by atoms with Crippen LogP contribution in [0.5, 0.6) is 5.88 Å². The topological polar surface area (TPSA) is 62.7 Å². The van der Waals surface area contributed by atoms with Gasteiger partial charge in [0, 0.05) is 18.2 Å². The third kappa shape index (κ3) is 9.50. The van der Waals surface area contributed by atoms with Crippen LogP contribution in [-0.4, -0.2) is 35.1 Å². The van der Waals surface area contributed by atoms with Gasteiger partial charge in [0.2, 0.25) is 12.2 Å². The second-order valence-electron chi connectivity index (χ2n) is 10.1. The average molecular weight is 519 g/mol. The summed E-state index contributed by atoms with van der Waals surface area (Å²) in [5.74, 6) is 1.29. The zero-order chi connectivity index (χ0) is 26.4. The van der Waals surface area contributed by atoms with Crippen molar-refractivity contribution in [2.24, 2.45) is 0 Å². The van der Waals surface area contributed by atoms with Gasteiger partial charge in [-0.25, -0.2) is 4.98 Å². The summed E-state index contributed by atoms with van der Waals surface area (Å²) >= 11 is 0. The molecule has 2 aromatic carbocycles. The summed E-state index contributed by atoms with van der Waals surface area (Å²) < 4.78 is 24.8. The van der Waals surface area contributed by atoms with Crippen LogP contribution >= 0.6 is 0 Å². The van der Waals surface area contributed by atoms with Crippen molar-refractivity contribution in [2.45, 2.75) is 96.9 Å². The van der Waals surface area contributed by atoms with E-state index in [0.717, 1.165) is 35.5 Å². The molecule has 2 heterocycles. The summed E-state index contributed by atoms with van der Waals surface area (Å²) in [6, 6.07) is 22.3. The molecule has 6 heteroatoms. The van der Waals surface area contributed by atoms with Gasteiger partial charge in [0.05, 0.1) is 25.9 Å². The van der Waals surface area contributed by atoms with Crippen molar-refractivity contribution in [3.05, 3.63) is 89.4 Å². The number of benzene rings is 2. The van der Waals surface area contributed by atoms with Gasteiger partial charge in [-0.3, -0.25) is 0 Å². The van der Waals surface area contributed by atoms with Gasteiger partial charge in [-0.05, 0) is 30.9 Å². The molecule has 0 amide bonds. The summed E-state index contributed by atoms with van der Waals surface area (Å²) in [6.45, 7) is 5.65. The monoisotopic (exact) mass is 518 g/mol. The van der Waals surface area contributed by atoms with Gasteiger partial charge >= 0.3 is 0 Å². The minimum absolute atomic E-state index is 0.137. The molecule has 204 valence electrons. The Hall–Kier alpha value is -2.80. The first kappa shape index (κ1) is 28.2. The van der Waals surface area contributed by atoms with Crippen molar-refractivity contribution < 1.29 is 18.9 Å². The lowest BCUT2D eigenvalue weighted by Crippen LogP contribution is -2.29. The minimum Gasteiger partial charge on any atom is -0.448 e. The van der Waals surface area contributed by atoms with Gasteiger partial charge in [0.25, 0.3) is 0 Å². The maximum Gasteiger partial charge on any atom is 0.219 e. The van der Waals surface area contributed by atoms with E-state index in [9.17, 15) is 0 Å². The fourth-order valence-corrected chi connectivity index (χ4v) is 4.73. The SMILES string of the molecule is CCCCCCCCc1cc(O[C@@H]2C[C@H](OCc3ccccc3)[C@@H](COCc3ccccc3)O2)nc(C)n1. The Morgan fingerprint density at radius 1 is 0.842 bits per heavy atom. The number of rotatable bonds is 16. The molecule has 1 aliphatic heterocycles. The molecule has 1 aliphatic rings. The number of hydrogen-bond acceptors (Lipinski definition) is 6. The van der Waals surface area contributed by atoms with Crippen LogP contribution in [0.4, 0.5) is 0 Å². The Morgan fingerprint density at radius 3 is 2.26 bits per heavy atom. The molecule has 0 spiro atoms. The van der Waals surface area contributed by atoms with Gasteiger partial charge in [-0.15, -0.1) is 0 Å². The molecule has 6 nitrogen and oxygen atoms in total. The van der Waals surface area contributed by atoms with E-state index in [4.69, 9.17) is 18.9 Å². The number of unbranched alkanes of at least 4 members (excludes halogenated alkanes) is 5. The first-order chi connectivity index (χ1) is 18.7. The molecule has 3 atom stereocenters. The zero-order valence-electron chi connectivity index (χ0n) is 22.9. The van der Waals surface area contributed by atoms with Crippen molar-refractivity contribution in [3.8, 4) is 5.88 Å². The van der Waals surface area contributed by atoms with Gasteiger partial charge in [0.1, 0.15) is 11.9 Å². The Bertz CT molecular complexity index is 1060. The lowest BCUT2D eigenvalue weighted by molar-refractivity contribution is -0.113. The molecule has 1 saturated heterocycles. The van der Waals surface area contributed by atoms with Gasteiger partial charge in [0.15, 0.2) is 0 Å². The van der Waals surface area contributed by atoms with Crippen molar-refractivity contribution in [1.82, 2.24) is 9.97 Å². The average Bonchev–Trinajstić information content (AvgIpc) is 3.31. The third-order valence-corrected chi connectivity index (χ3v) is 6.77. The lowest BCUT2D eigenvalue weighted by atomic mass is 10.1. The highest BCUT2D eigenvalue weighted by Gasteiger charge is 2.38. The largest absolute Gasteiger partial charge is 0.448 e. The summed E-state index contributed by atoms with van der Waals surface area (Å²) in [5, 5.41) is 0. The van der Waals surface area contributed by atoms with Crippen molar-refractivity contribution >= 4 is 0 Å². The molecular formula is C32H42N2O4. The van der Waals surface area contributed by atoms with Crippen molar-refractivity contribution in [1.29, 1.82) is 0 Å². The molecule has 38 heavy (non-hydrogen) atoms. The van der Waals surface area contributed by atoms with Crippen LogP contribution in [0.15, 0.2) is 66.7 Å². The molecule has 0 N–H and O–H groups in total. The van der Waals surface area contributed by atoms with Crippen LogP contribution in [0.2, 0.25) is 0 Å². The van der Waals surface area contributed by atoms with E-state index in [1.165, 1.54) is 32.1 Å². The number of nitrogens with zero attached hydrogens (tertiary/aromatic N) is 2. The van der Waals surface area contributed by atoms with Gasteiger partial charge in [-0.2, -0.15) is 4.98 Å². The highest BCUT2D eigenvalue weighted by molar-refractivity contribution is 5.17. The fourth-order valence-electron chi connectivity index (χ4n) is 4.73. The summed E-state index contributed by atoms with van der Waals surface area (Å²) in [6.07, 6.45) is 8.31. The van der Waals surface area contributed by atoms with Gasteiger partial charge < -0.3 is 18.9 Å². The molecular weight excluding hydrogens is 476 g/mol. The lowest BCUT2D eigenvalue weighted by Gasteiger charge is -2.19. The van der Waals surface area contributed by atoms with E-state index in [2.05, 4.69) is 41.2 Å². The fraction of sp³-hybridized carbons (Fsp3) is 0.500. The van der Waals surface area contributed by atoms with E-state index in [0.29, 0.717) is 32.1 Å². The third-order valence-electron chi connectivity index (χ3n) is 6.77. The second-order valence-corrected chi connectivity index (χ2v) is 10.1. The van der Waals surface area contributed by atoms with Crippen LogP contribution in [0.1, 0.15) is 74.5 Å². The molecule has 0 aliphatic carbocycles. The van der Waals surface area contributed by atoms with Crippen molar-refractivity contribution in [3.63, 3.8) is 0 Å². The Labute approximate surface area is 227 Å². The molecule has 3 aromatic rings. The normalized spacial score (nSPS) is 19.1. The Kier molecular flexibility index (Phi) is 11.6. The minimum atomic E-state index is -0.447. The highest BCUT2D eigenvalue weighted by Crippen LogP contribution is 2.27. The zero-order valence-corrected chi connectivity index (χ0v) is 22.9. The molecule has 0 saturated carbocycles. The van der Waals surface area contributed by atoms with Crippen LogP contribution in [0.25, 0.3) is 0 Å². The van der Waals surface area contributed by atoms with E-state index >= 15 is 0 Å². The Morgan fingerprint density at radius 2 is 1.53 bits per heavy atom. The van der Waals surface area contributed by atoms with E-state index in [-0.39, 0.29) is 12.2 Å². The molecule has 1 fully saturated rings. The maximum absolute atomic E-state index is 6.30. The van der Waals surface area contributed by atoms with E-state index in [1.807, 2.05) is 49.4 Å². The molecule has 4 rings (SSSR count). The predicted octanol–water partition coefficient (Wildman–Crippen LogP) is 6.98. The van der Waals surface area contributed by atoms with Gasteiger partial charge in [-0.1, -0.05) is 99.7 Å². The number of aromatic nitrogens is 2. The molecule has 0 bridgehead atoms. The first-order valence-electron chi connectivity index (χ1n) is 14.1. The molecule has 0 radical (unpaired) electrons. The smallest absolute Gasteiger partial charge is 0.219 e.